The summed E-state index contributed by atoms with van der Waals surface area (Å²) in [7, 11) is 0. The molecule has 2 aliphatic heterocycles. The van der Waals surface area contributed by atoms with E-state index in [4.69, 9.17) is 4.74 Å². The highest BCUT2D eigenvalue weighted by Gasteiger charge is 2.23. The van der Waals surface area contributed by atoms with E-state index >= 15 is 0 Å². The number of hydrogen-bond acceptors (Lipinski definition) is 6. The molecule has 0 bridgehead atoms. The maximum Gasteiger partial charge on any atom is 0.321 e. The minimum Gasteiger partial charge on any atom is -0.378 e. The summed E-state index contributed by atoms with van der Waals surface area (Å²) in [5, 5.41) is 11.5. The van der Waals surface area contributed by atoms with Crippen LogP contribution in [0.15, 0.2) is 30.5 Å². The van der Waals surface area contributed by atoms with Crippen LogP contribution in [0.2, 0.25) is 0 Å². The van der Waals surface area contributed by atoms with E-state index in [1.54, 1.807) is 6.20 Å². The van der Waals surface area contributed by atoms with Crippen LogP contribution < -0.4 is 15.1 Å². The Hall–Kier alpha value is -2.87. The molecule has 2 fully saturated rings. The fourth-order valence-corrected chi connectivity index (χ4v) is 3.71. The van der Waals surface area contributed by atoms with Crippen molar-refractivity contribution in [3.63, 3.8) is 0 Å². The third-order valence-electron chi connectivity index (χ3n) is 5.74. The second-order valence-electron chi connectivity index (χ2n) is 7.52. The first-order valence-electron chi connectivity index (χ1n) is 10.1. The Morgan fingerprint density at radius 3 is 2.55 bits per heavy atom. The lowest BCUT2D eigenvalue weighted by Crippen LogP contribution is -2.50. The lowest BCUT2D eigenvalue weighted by molar-refractivity contribution is 0.122. The number of nitrogens with one attached hydrogen (secondary N) is 1. The van der Waals surface area contributed by atoms with Gasteiger partial charge in [-0.1, -0.05) is 12.1 Å². The fourth-order valence-electron chi connectivity index (χ4n) is 3.71. The molecule has 29 heavy (non-hydrogen) atoms. The van der Waals surface area contributed by atoms with E-state index in [0.717, 1.165) is 62.1 Å². The van der Waals surface area contributed by atoms with Crippen molar-refractivity contribution in [3.8, 4) is 0 Å². The van der Waals surface area contributed by atoms with Gasteiger partial charge in [-0.25, -0.2) is 4.79 Å². The van der Waals surface area contributed by atoms with Crippen molar-refractivity contribution in [2.24, 2.45) is 0 Å². The minimum absolute atomic E-state index is 0.0415. The average Bonchev–Trinajstić information content (AvgIpc) is 2.78. The molecule has 2 amide bonds. The van der Waals surface area contributed by atoms with Crippen molar-refractivity contribution >= 4 is 23.2 Å². The number of benzene rings is 1. The van der Waals surface area contributed by atoms with Crippen molar-refractivity contribution in [2.75, 3.05) is 67.6 Å². The van der Waals surface area contributed by atoms with Gasteiger partial charge in [-0.2, -0.15) is 5.10 Å². The zero-order valence-corrected chi connectivity index (χ0v) is 17.1. The van der Waals surface area contributed by atoms with E-state index in [0.29, 0.717) is 13.1 Å². The number of aryl methyl sites for hydroxylation is 1. The van der Waals surface area contributed by atoms with Gasteiger partial charge in [0, 0.05) is 51.0 Å². The number of nitrogens with zero attached hydrogens (tertiary/aromatic N) is 5. The number of morpholine rings is 1. The maximum absolute atomic E-state index is 12.7. The number of piperazine rings is 1. The molecular weight excluding hydrogens is 368 g/mol. The summed E-state index contributed by atoms with van der Waals surface area (Å²) >= 11 is 0. The van der Waals surface area contributed by atoms with Crippen LogP contribution in [0.1, 0.15) is 11.1 Å². The van der Waals surface area contributed by atoms with E-state index in [9.17, 15) is 4.79 Å². The van der Waals surface area contributed by atoms with Gasteiger partial charge < -0.3 is 24.8 Å². The molecule has 0 spiro atoms. The van der Waals surface area contributed by atoms with Crippen LogP contribution in [0, 0.1) is 13.8 Å². The standard InChI is InChI=1S/C21H28N6O2/c1-16-4-3-5-19(17(16)2)23-21(28)27-8-6-25(7-9-27)18-14-20(24-22-15-18)26-10-12-29-13-11-26/h3-5,14-15H,6-13H2,1-2H3,(H,23,28). The molecule has 1 aromatic carbocycles. The molecule has 2 aliphatic rings. The number of hydrogen-bond donors (Lipinski definition) is 1. The Labute approximate surface area is 171 Å². The predicted octanol–water partition coefficient (Wildman–Crippen LogP) is 2.28. The first-order valence-corrected chi connectivity index (χ1v) is 10.1. The van der Waals surface area contributed by atoms with Gasteiger partial charge in [0.1, 0.15) is 0 Å². The summed E-state index contributed by atoms with van der Waals surface area (Å²) in [5.41, 5.74) is 4.22. The van der Waals surface area contributed by atoms with Gasteiger partial charge in [-0.05, 0) is 31.0 Å². The monoisotopic (exact) mass is 396 g/mol. The molecular formula is C21H28N6O2. The Kier molecular flexibility index (Phi) is 5.80. The number of anilines is 3. The average molecular weight is 396 g/mol. The molecule has 0 radical (unpaired) electrons. The molecule has 2 aromatic rings. The number of aromatic nitrogens is 2. The number of carbonyl (C=O) groups excluding carboxylic acids is 1. The number of urea groups is 1. The number of ether oxygens (including phenoxy) is 1. The molecule has 2 saturated heterocycles. The van der Waals surface area contributed by atoms with Gasteiger partial charge in [0.25, 0.3) is 0 Å². The highest BCUT2D eigenvalue weighted by molar-refractivity contribution is 5.90. The van der Waals surface area contributed by atoms with Gasteiger partial charge in [0.2, 0.25) is 0 Å². The Bertz CT molecular complexity index is 860. The van der Waals surface area contributed by atoms with Crippen LogP contribution in [0.5, 0.6) is 0 Å². The summed E-state index contributed by atoms with van der Waals surface area (Å²) in [4.78, 5) is 19.0. The number of amides is 2. The van der Waals surface area contributed by atoms with Crippen LogP contribution in [-0.4, -0.2) is 73.6 Å². The van der Waals surface area contributed by atoms with Crippen LogP contribution in [0.25, 0.3) is 0 Å². The third kappa shape index (κ3) is 4.42. The molecule has 4 rings (SSSR count). The first kappa shape index (κ1) is 19.4. The first-order chi connectivity index (χ1) is 14.1. The molecule has 0 saturated carbocycles. The Morgan fingerprint density at radius 1 is 1.03 bits per heavy atom. The summed E-state index contributed by atoms with van der Waals surface area (Å²) in [6, 6.07) is 8.02. The molecule has 8 nitrogen and oxygen atoms in total. The van der Waals surface area contributed by atoms with Gasteiger partial charge in [-0.3, -0.25) is 0 Å². The van der Waals surface area contributed by atoms with E-state index in [1.165, 1.54) is 5.56 Å². The van der Waals surface area contributed by atoms with Crippen LogP contribution in [-0.2, 0) is 4.74 Å². The molecule has 154 valence electrons. The second-order valence-corrected chi connectivity index (χ2v) is 7.52. The Morgan fingerprint density at radius 2 is 1.79 bits per heavy atom. The normalized spacial score (nSPS) is 17.4. The van der Waals surface area contributed by atoms with Crippen LogP contribution in [0.4, 0.5) is 22.0 Å². The lowest BCUT2D eigenvalue weighted by Gasteiger charge is -2.36. The van der Waals surface area contributed by atoms with Crippen molar-refractivity contribution in [1.82, 2.24) is 15.1 Å². The van der Waals surface area contributed by atoms with Gasteiger partial charge in [0.05, 0.1) is 25.1 Å². The van der Waals surface area contributed by atoms with Gasteiger partial charge in [-0.15, -0.1) is 5.10 Å². The highest BCUT2D eigenvalue weighted by atomic mass is 16.5. The van der Waals surface area contributed by atoms with E-state index in [1.807, 2.05) is 24.0 Å². The quantitative estimate of drug-likeness (QED) is 0.858. The smallest absolute Gasteiger partial charge is 0.321 e. The minimum atomic E-state index is -0.0415. The van der Waals surface area contributed by atoms with E-state index in [-0.39, 0.29) is 6.03 Å². The second kappa shape index (κ2) is 8.65. The highest BCUT2D eigenvalue weighted by Crippen LogP contribution is 2.22. The molecule has 0 atom stereocenters. The molecule has 0 unspecified atom stereocenters. The number of carbonyl (C=O) groups is 1. The summed E-state index contributed by atoms with van der Waals surface area (Å²) in [6.07, 6.45) is 1.80. The summed E-state index contributed by atoms with van der Waals surface area (Å²) in [6.45, 7) is 10.1. The van der Waals surface area contributed by atoms with E-state index < -0.39 is 0 Å². The van der Waals surface area contributed by atoms with Crippen molar-refractivity contribution in [3.05, 3.63) is 41.6 Å². The zero-order chi connectivity index (χ0) is 20.2. The molecule has 3 heterocycles. The maximum atomic E-state index is 12.7. The van der Waals surface area contributed by atoms with Crippen LogP contribution >= 0.6 is 0 Å². The Balaban J connectivity index is 1.35. The van der Waals surface area contributed by atoms with Crippen LogP contribution in [0.3, 0.4) is 0 Å². The van der Waals surface area contributed by atoms with Crippen molar-refractivity contribution in [2.45, 2.75) is 13.8 Å². The molecule has 1 N–H and O–H groups in total. The fraction of sp³-hybridized carbons (Fsp3) is 0.476. The number of rotatable bonds is 3. The zero-order valence-electron chi connectivity index (χ0n) is 17.1. The predicted molar refractivity (Wildman–Crippen MR) is 114 cm³/mol. The van der Waals surface area contributed by atoms with Gasteiger partial charge >= 0.3 is 6.03 Å². The van der Waals surface area contributed by atoms with Crippen molar-refractivity contribution in [1.29, 1.82) is 0 Å². The lowest BCUT2D eigenvalue weighted by atomic mass is 10.1. The topological polar surface area (TPSA) is 73.8 Å². The molecule has 0 aliphatic carbocycles. The molecule has 8 heteroatoms. The summed E-state index contributed by atoms with van der Waals surface area (Å²) < 4.78 is 5.41. The molecule has 1 aromatic heterocycles. The SMILES string of the molecule is Cc1cccc(NC(=O)N2CCN(c3cnnc(N4CCOCC4)c3)CC2)c1C. The third-order valence-corrected chi connectivity index (χ3v) is 5.74. The summed E-state index contributed by atoms with van der Waals surface area (Å²) in [5.74, 6) is 0.890. The largest absolute Gasteiger partial charge is 0.378 e. The van der Waals surface area contributed by atoms with E-state index in [2.05, 4.69) is 44.4 Å². The van der Waals surface area contributed by atoms with Crippen molar-refractivity contribution < 1.29 is 9.53 Å². The van der Waals surface area contributed by atoms with Gasteiger partial charge in [0.15, 0.2) is 5.82 Å².